The minimum absolute atomic E-state index is 0.470. The summed E-state index contributed by atoms with van der Waals surface area (Å²) < 4.78 is 5.22. The molecule has 0 aromatic carbocycles. The van der Waals surface area contributed by atoms with E-state index in [0.29, 0.717) is 0 Å². The maximum absolute atomic E-state index is 11.7. The van der Waals surface area contributed by atoms with E-state index in [1.54, 1.807) is 0 Å². The van der Waals surface area contributed by atoms with E-state index in [4.69, 9.17) is 4.74 Å². The molecule has 0 unspecified atom stereocenters. The molecule has 4 nitrogen and oxygen atoms in total. The largest absolute Gasteiger partial charge is 0.444 e. The summed E-state index contributed by atoms with van der Waals surface area (Å²) in [6, 6.07) is 0. The number of amides is 1. The van der Waals surface area contributed by atoms with Crippen LogP contribution in [-0.4, -0.2) is 27.9 Å². The van der Waals surface area contributed by atoms with Gasteiger partial charge in [-0.3, -0.25) is 0 Å². The Balaban J connectivity index is 2.63. The molecule has 1 aliphatic carbocycles. The van der Waals surface area contributed by atoms with E-state index in [2.05, 4.69) is 5.32 Å². The third-order valence-corrected chi connectivity index (χ3v) is 3.41. The normalized spacial score (nSPS) is 20.1. The molecule has 17 heavy (non-hydrogen) atoms. The van der Waals surface area contributed by atoms with Crippen molar-refractivity contribution in [3.05, 3.63) is 0 Å². The summed E-state index contributed by atoms with van der Waals surface area (Å²) in [4.78, 5) is 11.7. The van der Waals surface area contributed by atoms with Crippen molar-refractivity contribution in [1.29, 1.82) is 0 Å². The maximum atomic E-state index is 11.7. The molecule has 1 fully saturated rings. The molecule has 1 amide bonds. The van der Waals surface area contributed by atoms with Gasteiger partial charge in [-0.1, -0.05) is 12.8 Å². The molecular weight excluding hydrogens is 218 g/mol. The van der Waals surface area contributed by atoms with E-state index < -0.39 is 22.8 Å². The average molecular weight is 243 g/mol. The highest BCUT2D eigenvalue weighted by molar-refractivity contribution is 5.69. The summed E-state index contributed by atoms with van der Waals surface area (Å²) in [6.07, 6.45) is 3.01. The Morgan fingerprint density at radius 3 is 2.06 bits per heavy atom. The fourth-order valence-electron chi connectivity index (χ4n) is 2.26. The van der Waals surface area contributed by atoms with Crippen LogP contribution in [0, 0.1) is 0 Å². The summed E-state index contributed by atoms with van der Waals surface area (Å²) in [5, 5.41) is 13.3. The van der Waals surface area contributed by atoms with E-state index in [1.165, 1.54) is 0 Å². The quantitative estimate of drug-likeness (QED) is 0.783. The van der Waals surface area contributed by atoms with Crippen molar-refractivity contribution in [2.24, 2.45) is 0 Å². The zero-order valence-electron chi connectivity index (χ0n) is 11.6. The first-order valence-corrected chi connectivity index (χ1v) is 6.29. The molecule has 1 rings (SSSR count). The van der Waals surface area contributed by atoms with Crippen LogP contribution >= 0.6 is 0 Å². The number of hydrogen-bond acceptors (Lipinski definition) is 3. The van der Waals surface area contributed by atoms with Crippen LogP contribution in [0.3, 0.4) is 0 Å². The molecule has 2 N–H and O–H groups in total. The van der Waals surface area contributed by atoms with E-state index >= 15 is 0 Å². The van der Waals surface area contributed by atoms with Crippen LogP contribution in [0.1, 0.15) is 60.3 Å². The number of nitrogens with one attached hydrogen (secondary N) is 1. The van der Waals surface area contributed by atoms with Gasteiger partial charge < -0.3 is 15.2 Å². The summed E-state index contributed by atoms with van der Waals surface area (Å²) in [5.41, 5.74) is -1.99. The molecule has 100 valence electrons. The predicted molar refractivity (Wildman–Crippen MR) is 66.9 cm³/mol. The van der Waals surface area contributed by atoms with Gasteiger partial charge in [0.1, 0.15) is 5.60 Å². The lowest BCUT2D eigenvalue weighted by atomic mass is 9.81. The number of ether oxygens (including phenoxy) is 1. The molecule has 0 saturated heterocycles. The smallest absolute Gasteiger partial charge is 0.408 e. The van der Waals surface area contributed by atoms with Crippen LogP contribution in [0.4, 0.5) is 4.79 Å². The zero-order valence-corrected chi connectivity index (χ0v) is 11.6. The van der Waals surface area contributed by atoms with Crippen molar-refractivity contribution >= 4 is 6.09 Å². The molecule has 4 heteroatoms. The van der Waals surface area contributed by atoms with E-state index in [0.717, 1.165) is 25.7 Å². The highest BCUT2D eigenvalue weighted by Gasteiger charge is 2.46. The molecule has 0 aromatic heterocycles. The molecular formula is C13H25NO3. The van der Waals surface area contributed by atoms with Crippen LogP contribution in [0.2, 0.25) is 0 Å². The van der Waals surface area contributed by atoms with Crippen LogP contribution in [0.15, 0.2) is 0 Å². The van der Waals surface area contributed by atoms with Crippen molar-refractivity contribution in [1.82, 2.24) is 5.32 Å². The Kier molecular flexibility index (Phi) is 3.77. The van der Waals surface area contributed by atoms with Gasteiger partial charge in [0, 0.05) is 0 Å². The third kappa shape index (κ3) is 3.60. The Morgan fingerprint density at radius 1 is 1.18 bits per heavy atom. The molecule has 0 atom stereocenters. The van der Waals surface area contributed by atoms with Crippen LogP contribution in [-0.2, 0) is 4.74 Å². The minimum atomic E-state index is -0.816. The molecule has 0 aromatic rings. The maximum Gasteiger partial charge on any atom is 0.408 e. The second kappa shape index (κ2) is 4.48. The number of alkyl carbamates (subject to hydrolysis) is 1. The van der Waals surface area contributed by atoms with Gasteiger partial charge in [-0.25, -0.2) is 4.79 Å². The third-order valence-electron chi connectivity index (χ3n) is 3.41. The highest BCUT2D eigenvalue weighted by Crippen LogP contribution is 2.38. The Morgan fingerprint density at radius 2 is 1.65 bits per heavy atom. The van der Waals surface area contributed by atoms with Gasteiger partial charge in [0.05, 0.1) is 11.1 Å². The molecule has 0 bridgehead atoms. The minimum Gasteiger partial charge on any atom is -0.444 e. The van der Waals surface area contributed by atoms with Gasteiger partial charge in [0.2, 0.25) is 0 Å². The fraction of sp³-hybridized carbons (Fsp3) is 0.923. The number of rotatable bonds is 2. The van der Waals surface area contributed by atoms with Gasteiger partial charge in [-0.05, 0) is 47.5 Å². The van der Waals surface area contributed by atoms with Gasteiger partial charge in [0.25, 0.3) is 0 Å². The first-order valence-electron chi connectivity index (χ1n) is 6.29. The second-order valence-electron chi connectivity index (χ2n) is 6.49. The summed E-state index contributed by atoms with van der Waals surface area (Å²) in [5.74, 6) is 0. The van der Waals surface area contributed by atoms with Crippen LogP contribution < -0.4 is 5.32 Å². The number of hydrogen-bond donors (Lipinski definition) is 2. The highest BCUT2D eigenvalue weighted by atomic mass is 16.6. The molecule has 0 aliphatic heterocycles. The lowest BCUT2D eigenvalue weighted by molar-refractivity contribution is -0.0370. The monoisotopic (exact) mass is 243 g/mol. The van der Waals surface area contributed by atoms with Gasteiger partial charge >= 0.3 is 6.09 Å². The number of aliphatic hydroxyl groups is 1. The van der Waals surface area contributed by atoms with E-state index in [1.807, 2.05) is 34.6 Å². The van der Waals surface area contributed by atoms with Gasteiger partial charge in [-0.15, -0.1) is 0 Å². The van der Waals surface area contributed by atoms with Crippen molar-refractivity contribution in [2.75, 3.05) is 0 Å². The Labute approximate surface area is 104 Å². The molecule has 0 radical (unpaired) electrons. The lowest BCUT2D eigenvalue weighted by Crippen LogP contribution is -2.60. The van der Waals surface area contributed by atoms with Crippen molar-refractivity contribution in [3.63, 3.8) is 0 Å². The lowest BCUT2D eigenvalue weighted by Gasteiger charge is -2.40. The van der Waals surface area contributed by atoms with Crippen molar-refractivity contribution in [3.8, 4) is 0 Å². The molecule has 1 aliphatic rings. The zero-order chi connectivity index (χ0) is 13.3. The van der Waals surface area contributed by atoms with Gasteiger partial charge in [-0.2, -0.15) is 0 Å². The molecule has 0 heterocycles. The number of carbonyl (C=O) groups is 1. The summed E-state index contributed by atoms with van der Waals surface area (Å²) in [6.45, 7) is 9.17. The standard InChI is InChI=1S/C13H25NO3/c1-11(2,3)17-10(15)14-12(4,5)13(16)8-6-7-9-13/h16H,6-9H2,1-5H3,(H,14,15). The Bertz CT molecular complexity index is 286. The average Bonchev–Trinajstić information content (AvgIpc) is 2.48. The summed E-state index contributed by atoms with van der Waals surface area (Å²) in [7, 11) is 0. The number of carbonyl (C=O) groups excluding carboxylic acids is 1. The Hall–Kier alpha value is -0.770. The molecule has 0 spiro atoms. The van der Waals surface area contributed by atoms with Crippen LogP contribution in [0.5, 0.6) is 0 Å². The SMILES string of the molecule is CC(C)(C)OC(=O)NC(C)(C)C1(O)CCCC1. The first kappa shape index (κ1) is 14.3. The van der Waals surface area contributed by atoms with Crippen LogP contribution in [0.25, 0.3) is 0 Å². The topological polar surface area (TPSA) is 58.6 Å². The summed E-state index contributed by atoms with van der Waals surface area (Å²) >= 11 is 0. The second-order valence-corrected chi connectivity index (χ2v) is 6.49. The fourth-order valence-corrected chi connectivity index (χ4v) is 2.26. The van der Waals surface area contributed by atoms with Crippen molar-refractivity contribution in [2.45, 2.75) is 77.0 Å². The van der Waals surface area contributed by atoms with E-state index in [-0.39, 0.29) is 0 Å². The van der Waals surface area contributed by atoms with E-state index in [9.17, 15) is 9.90 Å². The predicted octanol–water partition coefficient (Wildman–Crippen LogP) is 2.59. The van der Waals surface area contributed by atoms with Crippen molar-refractivity contribution < 1.29 is 14.6 Å². The van der Waals surface area contributed by atoms with Gasteiger partial charge in [0.15, 0.2) is 0 Å². The first-order chi connectivity index (χ1) is 7.56. The molecule has 1 saturated carbocycles.